The summed E-state index contributed by atoms with van der Waals surface area (Å²) in [6, 6.07) is 12.9. The van der Waals surface area contributed by atoms with E-state index < -0.39 is 0 Å². The summed E-state index contributed by atoms with van der Waals surface area (Å²) in [6.45, 7) is 2.81. The average molecular weight is 428 g/mol. The molecule has 2 unspecified atom stereocenters. The molecule has 3 aliphatic rings. The van der Waals surface area contributed by atoms with Crippen molar-refractivity contribution in [2.24, 2.45) is 0 Å². The van der Waals surface area contributed by atoms with Crippen LogP contribution in [-0.2, 0) is 9.53 Å². The van der Waals surface area contributed by atoms with Gasteiger partial charge in [0.25, 0.3) is 11.8 Å². The highest BCUT2D eigenvalue weighted by molar-refractivity contribution is 6.30. The zero-order valence-corrected chi connectivity index (χ0v) is 17.1. The Bertz CT molecular complexity index is 969. The molecule has 3 aliphatic heterocycles. The molecule has 30 heavy (non-hydrogen) atoms. The summed E-state index contributed by atoms with van der Waals surface area (Å²) in [6.07, 6.45) is 0.196. The first kappa shape index (κ1) is 19.2. The molecule has 2 fully saturated rings. The highest BCUT2D eigenvalue weighted by atomic mass is 35.5. The van der Waals surface area contributed by atoms with E-state index in [1.807, 2.05) is 36.4 Å². The van der Waals surface area contributed by atoms with Gasteiger partial charge in [-0.1, -0.05) is 23.7 Å². The van der Waals surface area contributed by atoms with Crippen molar-refractivity contribution < 1.29 is 19.1 Å². The average Bonchev–Trinajstić information content (AvgIpc) is 3.15. The first-order chi connectivity index (χ1) is 14.6. The van der Waals surface area contributed by atoms with Crippen LogP contribution in [0.1, 0.15) is 28.6 Å². The Kier molecular flexibility index (Phi) is 5.00. The molecule has 3 heterocycles. The zero-order valence-electron chi connectivity index (χ0n) is 16.3. The Morgan fingerprint density at radius 1 is 1.00 bits per heavy atom. The van der Waals surface area contributed by atoms with E-state index in [9.17, 15) is 9.59 Å². The van der Waals surface area contributed by atoms with Crippen LogP contribution in [0, 0.1) is 0 Å². The second-order valence-electron chi connectivity index (χ2n) is 7.67. The number of carbonyl (C=O) groups is 2. The van der Waals surface area contributed by atoms with Gasteiger partial charge in [0.2, 0.25) is 0 Å². The Morgan fingerprint density at radius 2 is 1.70 bits per heavy atom. The zero-order chi connectivity index (χ0) is 20.7. The van der Waals surface area contributed by atoms with Gasteiger partial charge in [0, 0.05) is 54.8 Å². The summed E-state index contributed by atoms with van der Waals surface area (Å²) < 4.78 is 11.2. The van der Waals surface area contributed by atoms with Gasteiger partial charge in [-0.15, -0.1) is 0 Å². The molecule has 2 amide bonds. The fourth-order valence-corrected chi connectivity index (χ4v) is 4.07. The summed E-state index contributed by atoms with van der Waals surface area (Å²) in [5, 5.41) is 3.92. The van der Waals surface area contributed by atoms with Gasteiger partial charge in [-0.3, -0.25) is 9.59 Å². The quantitative estimate of drug-likeness (QED) is 0.815. The van der Waals surface area contributed by atoms with E-state index in [1.165, 1.54) is 0 Å². The third kappa shape index (κ3) is 3.59. The SMILES string of the molecule is O=C(c1ccc(C2Nc3ccc(Cl)cc3O2)cc1)N1CCN(C(=O)C2CCO2)CC1. The van der Waals surface area contributed by atoms with Crippen molar-refractivity contribution in [1.29, 1.82) is 0 Å². The predicted molar refractivity (Wildman–Crippen MR) is 112 cm³/mol. The normalized spacial score (nSPS) is 22.6. The lowest BCUT2D eigenvalue weighted by atomic mass is 10.1. The summed E-state index contributed by atoms with van der Waals surface area (Å²) >= 11 is 6.02. The molecular formula is C22H22ClN3O4. The van der Waals surface area contributed by atoms with Gasteiger partial charge in [0.15, 0.2) is 6.23 Å². The van der Waals surface area contributed by atoms with Gasteiger partial charge in [0.1, 0.15) is 11.9 Å². The summed E-state index contributed by atoms with van der Waals surface area (Å²) in [5.41, 5.74) is 2.44. The van der Waals surface area contributed by atoms with E-state index in [2.05, 4.69) is 5.32 Å². The van der Waals surface area contributed by atoms with Gasteiger partial charge in [0.05, 0.1) is 12.3 Å². The number of hydrogen-bond donors (Lipinski definition) is 1. The highest BCUT2D eigenvalue weighted by Gasteiger charge is 2.33. The van der Waals surface area contributed by atoms with Gasteiger partial charge >= 0.3 is 0 Å². The number of nitrogens with zero attached hydrogens (tertiary/aromatic N) is 2. The first-order valence-electron chi connectivity index (χ1n) is 10.1. The Labute approximate surface area is 179 Å². The number of amides is 2. The van der Waals surface area contributed by atoms with Crippen LogP contribution < -0.4 is 10.1 Å². The fourth-order valence-electron chi connectivity index (χ4n) is 3.91. The number of halogens is 1. The summed E-state index contributed by atoms with van der Waals surface area (Å²) in [4.78, 5) is 28.7. The lowest BCUT2D eigenvalue weighted by Gasteiger charge is -2.38. The minimum absolute atomic E-state index is 0.0242. The van der Waals surface area contributed by atoms with E-state index >= 15 is 0 Å². The lowest BCUT2D eigenvalue weighted by molar-refractivity contribution is -0.157. The Balaban J connectivity index is 1.19. The number of anilines is 1. The van der Waals surface area contributed by atoms with Gasteiger partial charge in [-0.2, -0.15) is 0 Å². The molecule has 8 heteroatoms. The number of nitrogens with one attached hydrogen (secondary N) is 1. The molecular weight excluding hydrogens is 406 g/mol. The number of fused-ring (bicyclic) bond motifs is 1. The maximum atomic E-state index is 12.9. The molecule has 0 radical (unpaired) electrons. The van der Waals surface area contributed by atoms with Crippen LogP contribution in [-0.4, -0.2) is 60.5 Å². The fraction of sp³-hybridized carbons (Fsp3) is 0.364. The lowest BCUT2D eigenvalue weighted by Crippen LogP contribution is -2.54. The van der Waals surface area contributed by atoms with Gasteiger partial charge < -0.3 is 24.6 Å². The monoisotopic (exact) mass is 427 g/mol. The Hall–Kier alpha value is -2.77. The number of piperazine rings is 1. The predicted octanol–water partition coefficient (Wildman–Crippen LogP) is 2.92. The van der Waals surface area contributed by atoms with Crippen LogP contribution in [0.5, 0.6) is 5.75 Å². The van der Waals surface area contributed by atoms with E-state index in [4.69, 9.17) is 21.1 Å². The van der Waals surface area contributed by atoms with E-state index in [1.54, 1.807) is 15.9 Å². The molecule has 7 nitrogen and oxygen atoms in total. The molecule has 1 N–H and O–H groups in total. The topological polar surface area (TPSA) is 71.1 Å². The van der Waals surface area contributed by atoms with Crippen LogP contribution in [0.2, 0.25) is 5.02 Å². The highest BCUT2D eigenvalue weighted by Crippen LogP contribution is 2.39. The molecule has 2 saturated heterocycles. The van der Waals surface area contributed by atoms with Gasteiger partial charge in [-0.05, 0) is 24.3 Å². The van der Waals surface area contributed by atoms with E-state index in [0.29, 0.717) is 49.1 Å². The smallest absolute Gasteiger partial charge is 0.253 e. The standard InChI is InChI=1S/C22H22ClN3O4/c23-16-5-6-17-19(13-16)30-20(24-17)14-1-3-15(4-2-14)21(27)25-8-10-26(11-9-25)22(28)18-7-12-29-18/h1-6,13,18,20,24H,7-12H2. The van der Waals surface area contributed by atoms with E-state index in [0.717, 1.165) is 17.7 Å². The maximum absolute atomic E-state index is 12.9. The van der Waals surface area contributed by atoms with Crippen molar-refractivity contribution in [3.8, 4) is 5.75 Å². The van der Waals surface area contributed by atoms with Crippen LogP contribution in [0.15, 0.2) is 42.5 Å². The number of rotatable bonds is 3. The van der Waals surface area contributed by atoms with Crippen molar-refractivity contribution in [2.45, 2.75) is 18.8 Å². The third-order valence-corrected chi connectivity index (χ3v) is 6.02. The van der Waals surface area contributed by atoms with Crippen LogP contribution in [0.4, 0.5) is 5.69 Å². The third-order valence-electron chi connectivity index (χ3n) is 5.79. The minimum Gasteiger partial charge on any atom is -0.464 e. The van der Waals surface area contributed by atoms with E-state index in [-0.39, 0.29) is 24.1 Å². The molecule has 0 bridgehead atoms. The molecule has 156 valence electrons. The number of hydrogen-bond acceptors (Lipinski definition) is 5. The molecule has 2 aromatic carbocycles. The minimum atomic E-state index is -0.314. The molecule has 2 atom stereocenters. The van der Waals surface area contributed by atoms with Crippen LogP contribution in [0.3, 0.4) is 0 Å². The van der Waals surface area contributed by atoms with Crippen molar-refractivity contribution in [3.63, 3.8) is 0 Å². The molecule has 0 aromatic heterocycles. The molecule has 0 saturated carbocycles. The maximum Gasteiger partial charge on any atom is 0.253 e. The second-order valence-corrected chi connectivity index (χ2v) is 8.11. The molecule has 5 rings (SSSR count). The van der Waals surface area contributed by atoms with Crippen LogP contribution in [0.25, 0.3) is 0 Å². The van der Waals surface area contributed by atoms with Crippen molar-refractivity contribution in [3.05, 3.63) is 58.6 Å². The van der Waals surface area contributed by atoms with Gasteiger partial charge in [-0.25, -0.2) is 0 Å². The van der Waals surface area contributed by atoms with Crippen molar-refractivity contribution in [2.75, 3.05) is 38.1 Å². The summed E-state index contributed by atoms with van der Waals surface area (Å²) in [5.74, 6) is 0.736. The van der Waals surface area contributed by atoms with Crippen molar-refractivity contribution in [1.82, 2.24) is 9.80 Å². The largest absolute Gasteiger partial charge is 0.464 e. The number of carbonyl (C=O) groups excluding carboxylic acids is 2. The number of benzene rings is 2. The van der Waals surface area contributed by atoms with Crippen LogP contribution >= 0.6 is 11.6 Å². The summed E-state index contributed by atoms with van der Waals surface area (Å²) in [7, 11) is 0. The number of ether oxygens (including phenoxy) is 2. The molecule has 2 aromatic rings. The molecule has 0 aliphatic carbocycles. The van der Waals surface area contributed by atoms with Crippen molar-refractivity contribution >= 4 is 29.1 Å². The molecule has 0 spiro atoms. The first-order valence-corrected chi connectivity index (χ1v) is 10.5. The second kappa shape index (κ2) is 7.81. The Morgan fingerprint density at radius 3 is 2.37 bits per heavy atom.